The van der Waals surface area contributed by atoms with Crippen molar-refractivity contribution in [1.82, 2.24) is 0 Å². The Morgan fingerprint density at radius 1 is 1.36 bits per heavy atom. The highest BCUT2D eigenvalue weighted by atomic mass is 16.5. The van der Waals surface area contributed by atoms with Gasteiger partial charge in [0.25, 0.3) is 0 Å². The van der Waals surface area contributed by atoms with E-state index in [2.05, 4.69) is 37.3 Å². The van der Waals surface area contributed by atoms with E-state index < -0.39 is 0 Å². The summed E-state index contributed by atoms with van der Waals surface area (Å²) < 4.78 is 5.92. The van der Waals surface area contributed by atoms with Crippen LogP contribution in [0, 0.1) is 12.8 Å². The number of hydrogen-bond acceptors (Lipinski definition) is 1. The highest BCUT2D eigenvalue weighted by Gasteiger charge is 2.30. The number of ether oxygens (including phenoxy) is 1. The maximum Gasteiger partial charge on any atom is 0.123 e. The van der Waals surface area contributed by atoms with Gasteiger partial charge in [0, 0.05) is 5.92 Å². The van der Waals surface area contributed by atoms with Crippen LogP contribution >= 0.6 is 0 Å². The first-order valence-corrected chi connectivity index (χ1v) is 5.26. The Balaban J connectivity index is 2.00. The fraction of sp³-hybridized carbons (Fsp3) is 0.385. The molecule has 2 aliphatic rings. The summed E-state index contributed by atoms with van der Waals surface area (Å²) in [4.78, 5) is 0. The van der Waals surface area contributed by atoms with Crippen LogP contribution in [0.3, 0.4) is 0 Å². The molecule has 0 saturated heterocycles. The van der Waals surface area contributed by atoms with E-state index in [9.17, 15) is 0 Å². The molecule has 0 N–H and O–H groups in total. The Labute approximate surface area is 84.4 Å². The van der Waals surface area contributed by atoms with Gasteiger partial charge in [-0.2, -0.15) is 0 Å². The lowest BCUT2D eigenvalue weighted by atomic mass is 9.91. The van der Waals surface area contributed by atoms with Crippen LogP contribution in [0.25, 0.3) is 0 Å². The van der Waals surface area contributed by atoms with Crippen molar-refractivity contribution in [3.63, 3.8) is 0 Å². The van der Waals surface area contributed by atoms with Crippen molar-refractivity contribution in [3.05, 3.63) is 41.5 Å². The Morgan fingerprint density at radius 3 is 3.21 bits per heavy atom. The molecule has 1 aromatic carbocycles. The van der Waals surface area contributed by atoms with E-state index >= 15 is 0 Å². The molecule has 72 valence electrons. The lowest BCUT2D eigenvalue weighted by Crippen LogP contribution is -2.27. The quantitative estimate of drug-likeness (QED) is 0.566. The highest BCUT2D eigenvalue weighted by molar-refractivity contribution is 5.40. The molecule has 1 heterocycles. The first-order valence-electron chi connectivity index (χ1n) is 5.26. The summed E-state index contributed by atoms with van der Waals surface area (Å²) in [7, 11) is 0. The van der Waals surface area contributed by atoms with Gasteiger partial charge >= 0.3 is 0 Å². The molecule has 2 atom stereocenters. The van der Waals surface area contributed by atoms with Crippen molar-refractivity contribution < 1.29 is 4.74 Å². The second kappa shape index (κ2) is 2.88. The Kier molecular flexibility index (Phi) is 1.66. The van der Waals surface area contributed by atoms with Gasteiger partial charge in [0.05, 0.1) is 0 Å². The third kappa shape index (κ3) is 1.16. The molecule has 0 fully saturated rings. The average Bonchev–Trinajstić information content (AvgIpc) is 2.61. The minimum atomic E-state index is 0.338. The molecule has 14 heavy (non-hydrogen) atoms. The van der Waals surface area contributed by atoms with E-state index in [0.29, 0.717) is 12.0 Å². The third-order valence-corrected chi connectivity index (χ3v) is 3.19. The van der Waals surface area contributed by atoms with Crippen LogP contribution in [0.2, 0.25) is 0 Å². The summed E-state index contributed by atoms with van der Waals surface area (Å²) in [5.74, 6) is 1.77. The zero-order valence-electron chi connectivity index (χ0n) is 8.36. The second-order valence-electron chi connectivity index (χ2n) is 4.32. The summed E-state index contributed by atoms with van der Waals surface area (Å²) in [6.07, 6.45) is 7.14. The van der Waals surface area contributed by atoms with E-state index in [1.807, 2.05) is 0 Å². The largest absolute Gasteiger partial charge is 0.486 e. The number of allylic oxidation sites excluding steroid dienone is 1. The molecule has 1 nitrogen and oxygen atoms in total. The maximum atomic E-state index is 5.92. The number of rotatable bonds is 0. The van der Waals surface area contributed by atoms with Gasteiger partial charge in [-0.25, -0.2) is 0 Å². The van der Waals surface area contributed by atoms with E-state index in [-0.39, 0.29) is 0 Å². The zero-order valence-corrected chi connectivity index (χ0v) is 8.36. The predicted molar refractivity (Wildman–Crippen MR) is 56.5 cm³/mol. The SMILES string of the molecule is Cc1ccc2c(c1)C[C@H]1CC=C[C@H]1O2. The topological polar surface area (TPSA) is 9.23 Å². The van der Waals surface area contributed by atoms with Crippen molar-refractivity contribution in [3.8, 4) is 5.75 Å². The van der Waals surface area contributed by atoms with Crippen molar-refractivity contribution in [1.29, 1.82) is 0 Å². The van der Waals surface area contributed by atoms with Gasteiger partial charge in [-0.15, -0.1) is 0 Å². The molecule has 1 aliphatic carbocycles. The Bertz CT molecular complexity index is 392. The van der Waals surface area contributed by atoms with Crippen LogP contribution in [0.15, 0.2) is 30.4 Å². The summed E-state index contributed by atoms with van der Waals surface area (Å²) in [6.45, 7) is 2.14. The summed E-state index contributed by atoms with van der Waals surface area (Å²) in [5, 5.41) is 0. The van der Waals surface area contributed by atoms with Crippen molar-refractivity contribution in [2.24, 2.45) is 5.92 Å². The van der Waals surface area contributed by atoms with Crippen molar-refractivity contribution in [2.45, 2.75) is 25.9 Å². The molecule has 0 bridgehead atoms. The molecule has 0 spiro atoms. The molecule has 1 aromatic rings. The maximum absolute atomic E-state index is 5.92. The van der Waals surface area contributed by atoms with E-state index in [1.54, 1.807) is 0 Å². The van der Waals surface area contributed by atoms with Crippen molar-refractivity contribution in [2.75, 3.05) is 0 Å². The smallest absolute Gasteiger partial charge is 0.123 e. The number of hydrogen-bond donors (Lipinski definition) is 0. The predicted octanol–water partition coefficient (Wildman–Crippen LogP) is 2.87. The van der Waals surface area contributed by atoms with E-state index in [4.69, 9.17) is 4.74 Å². The van der Waals surface area contributed by atoms with Crippen LogP contribution in [0.1, 0.15) is 17.5 Å². The molecule has 0 amide bonds. The number of fused-ring (bicyclic) bond motifs is 2. The molecule has 1 aliphatic heterocycles. The molecule has 0 saturated carbocycles. The Morgan fingerprint density at radius 2 is 2.29 bits per heavy atom. The van der Waals surface area contributed by atoms with Gasteiger partial charge in [-0.05, 0) is 37.5 Å². The average molecular weight is 186 g/mol. The summed E-state index contributed by atoms with van der Waals surface area (Å²) >= 11 is 0. The minimum absolute atomic E-state index is 0.338. The van der Waals surface area contributed by atoms with Gasteiger partial charge in [0.1, 0.15) is 11.9 Å². The Hall–Kier alpha value is -1.24. The highest BCUT2D eigenvalue weighted by Crippen LogP contribution is 2.36. The molecule has 3 rings (SSSR count). The molecule has 0 aromatic heterocycles. The standard InChI is InChI=1S/C13H14O/c1-9-5-6-13-11(7-9)8-10-3-2-4-12(10)14-13/h2,4-7,10,12H,3,8H2,1H3/t10-,12-/m1/s1. The fourth-order valence-electron chi connectivity index (χ4n) is 2.43. The van der Waals surface area contributed by atoms with Gasteiger partial charge in [0.2, 0.25) is 0 Å². The van der Waals surface area contributed by atoms with Gasteiger partial charge in [-0.3, -0.25) is 0 Å². The van der Waals surface area contributed by atoms with Crippen LogP contribution in [-0.4, -0.2) is 6.10 Å². The summed E-state index contributed by atoms with van der Waals surface area (Å²) in [6, 6.07) is 6.48. The molecule has 0 unspecified atom stereocenters. The van der Waals surface area contributed by atoms with Crippen LogP contribution in [0.5, 0.6) is 5.75 Å². The fourth-order valence-corrected chi connectivity index (χ4v) is 2.43. The van der Waals surface area contributed by atoms with Crippen LogP contribution < -0.4 is 4.74 Å². The second-order valence-corrected chi connectivity index (χ2v) is 4.32. The number of aryl methyl sites for hydroxylation is 1. The third-order valence-electron chi connectivity index (χ3n) is 3.19. The lowest BCUT2D eigenvalue weighted by Gasteiger charge is -2.28. The van der Waals surface area contributed by atoms with Crippen LogP contribution in [-0.2, 0) is 6.42 Å². The normalized spacial score (nSPS) is 28.1. The lowest BCUT2D eigenvalue weighted by molar-refractivity contribution is 0.167. The number of benzene rings is 1. The van der Waals surface area contributed by atoms with E-state index in [0.717, 1.165) is 5.75 Å². The molecular weight excluding hydrogens is 172 g/mol. The van der Waals surface area contributed by atoms with Gasteiger partial charge in [0.15, 0.2) is 0 Å². The van der Waals surface area contributed by atoms with Crippen LogP contribution in [0.4, 0.5) is 0 Å². The van der Waals surface area contributed by atoms with Gasteiger partial charge in [-0.1, -0.05) is 23.8 Å². The van der Waals surface area contributed by atoms with E-state index in [1.165, 1.54) is 24.0 Å². The minimum Gasteiger partial charge on any atom is -0.486 e. The van der Waals surface area contributed by atoms with Gasteiger partial charge < -0.3 is 4.74 Å². The molecule has 1 heteroatoms. The zero-order chi connectivity index (χ0) is 9.54. The first-order chi connectivity index (χ1) is 6.83. The van der Waals surface area contributed by atoms with Crippen molar-refractivity contribution >= 4 is 0 Å². The first kappa shape index (κ1) is 8.10. The molecule has 0 radical (unpaired) electrons. The summed E-state index contributed by atoms with van der Waals surface area (Å²) in [5.41, 5.74) is 2.71. The molecular formula is C13H14O. The monoisotopic (exact) mass is 186 g/mol.